The molecule has 170 valence electrons. The van der Waals surface area contributed by atoms with Crippen molar-refractivity contribution in [1.29, 1.82) is 0 Å². The lowest BCUT2D eigenvalue weighted by Gasteiger charge is -2.17. The molecule has 0 saturated heterocycles. The number of ether oxygens (including phenoxy) is 1. The van der Waals surface area contributed by atoms with E-state index < -0.39 is 36.0 Å². The van der Waals surface area contributed by atoms with Crippen LogP contribution in [0.3, 0.4) is 0 Å². The number of nitrogens with one attached hydrogen (secondary N) is 1. The van der Waals surface area contributed by atoms with E-state index in [9.17, 15) is 23.1 Å². The van der Waals surface area contributed by atoms with Crippen molar-refractivity contribution in [2.45, 2.75) is 19.6 Å². The number of aromatic nitrogens is 2. The first-order chi connectivity index (χ1) is 15.9. The summed E-state index contributed by atoms with van der Waals surface area (Å²) in [5.74, 6) is -2.26. The van der Waals surface area contributed by atoms with Crippen LogP contribution >= 0.6 is 0 Å². The molecule has 2 heterocycles. The summed E-state index contributed by atoms with van der Waals surface area (Å²) in [6.45, 7) is 0.823. The minimum atomic E-state index is -0.832. The van der Waals surface area contributed by atoms with Gasteiger partial charge in [0.1, 0.15) is 29.8 Å². The Morgan fingerprint density at radius 1 is 1.12 bits per heavy atom. The summed E-state index contributed by atoms with van der Waals surface area (Å²) < 4.78 is 48.5. The van der Waals surface area contributed by atoms with Gasteiger partial charge in [-0.25, -0.2) is 18.2 Å². The van der Waals surface area contributed by atoms with E-state index in [0.29, 0.717) is 11.3 Å². The molecule has 0 aliphatic rings. The molecule has 0 saturated carbocycles. The molecule has 0 bridgehead atoms. The Hall–Kier alpha value is -3.85. The van der Waals surface area contributed by atoms with Crippen LogP contribution < -0.4 is 10.1 Å². The molecule has 2 aromatic heterocycles. The first-order valence-corrected chi connectivity index (χ1v) is 10.1. The molecule has 6 nitrogen and oxygen atoms in total. The highest BCUT2D eigenvalue weighted by molar-refractivity contribution is 5.95. The van der Waals surface area contributed by atoms with Gasteiger partial charge in [-0.2, -0.15) is 0 Å². The number of halogens is 3. The van der Waals surface area contributed by atoms with E-state index in [-0.39, 0.29) is 29.3 Å². The van der Waals surface area contributed by atoms with E-state index in [2.05, 4.69) is 10.3 Å². The summed E-state index contributed by atoms with van der Waals surface area (Å²) in [5, 5.41) is 12.4. The van der Waals surface area contributed by atoms with Crippen molar-refractivity contribution in [2.75, 3.05) is 6.61 Å². The van der Waals surface area contributed by atoms with Gasteiger partial charge in [0.15, 0.2) is 11.4 Å². The number of rotatable bonds is 7. The average Bonchev–Trinajstić information content (AvgIpc) is 3.13. The van der Waals surface area contributed by atoms with Gasteiger partial charge < -0.3 is 15.2 Å². The number of carbonyl (C=O) groups is 1. The molecule has 0 fully saturated rings. The van der Waals surface area contributed by atoms with Crippen LogP contribution in [0.1, 0.15) is 33.4 Å². The van der Waals surface area contributed by atoms with Crippen LogP contribution in [-0.2, 0) is 6.61 Å². The minimum absolute atomic E-state index is 0.183. The average molecular weight is 455 g/mol. The van der Waals surface area contributed by atoms with Gasteiger partial charge in [0, 0.05) is 6.20 Å². The van der Waals surface area contributed by atoms with E-state index in [1.54, 1.807) is 31.3 Å². The Balaban J connectivity index is 1.61. The van der Waals surface area contributed by atoms with Crippen molar-refractivity contribution in [1.82, 2.24) is 14.7 Å². The summed E-state index contributed by atoms with van der Waals surface area (Å²) in [6, 6.07) is 11.5. The molecule has 0 radical (unpaired) electrons. The number of nitrogens with zero attached hydrogens (tertiary/aromatic N) is 2. The number of benzene rings is 2. The molecule has 1 amide bonds. The van der Waals surface area contributed by atoms with Gasteiger partial charge in [-0.15, -0.1) is 0 Å². The number of hydrogen-bond donors (Lipinski definition) is 2. The highest BCUT2D eigenvalue weighted by atomic mass is 19.1. The van der Waals surface area contributed by atoms with Gasteiger partial charge in [-0.05, 0) is 48.9 Å². The lowest BCUT2D eigenvalue weighted by molar-refractivity contribution is 0.0909. The van der Waals surface area contributed by atoms with Crippen molar-refractivity contribution in [3.63, 3.8) is 0 Å². The third kappa shape index (κ3) is 4.54. The lowest BCUT2D eigenvalue weighted by Crippen LogP contribution is -2.32. The predicted octanol–water partition coefficient (Wildman–Crippen LogP) is 4.10. The molecule has 4 rings (SSSR count). The van der Waals surface area contributed by atoms with Crippen LogP contribution in [0, 0.1) is 24.4 Å². The molecule has 0 aliphatic heterocycles. The van der Waals surface area contributed by atoms with Crippen LogP contribution in [-0.4, -0.2) is 27.0 Å². The lowest BCUT2D eigenvalue weighted by atomic mass is 10.1. The Labute approximate surface area is 187 Å². The van der Waals surface area contributed by atoms with Crippen LogP contribution in [0.5, 0.6) is 5.75 Å². The summed E-state index contributed by atoms with van der Waals surface area (Å²) in [4.78, 5) is 17.4. The molecule has 4 aromatic rings. The quantitative estimate of drug-likeness (QED) is 0.440. The van der Waals surface area contributed by atoms with Gasteiger partial charge in [0.25, 0.3) is 5.91 Å². The number of aliphatic hydroxyl groups is 1. The van der Waals surface area contributed by atoms with Gasteiger partial charge >= 0.3 is 0 Å². The molecule has 9 heteroatoms. The number of pyridine rings is 1. The second-order valence-corrected chi connectivity index (χ2v) is 7.36. The second-order valence-electron chi connectivity index (χ2n) is 7.36. The van der Waals surface area contributed by atoms with Gasteiger partial charge in [-0.1, -0.05) is 18.2 Å². The SMILES string of the molecule is Cc1nc2c(OCc3c(F)cccc3F)cccn2c1C(=O)N[C@@H](CO)c1cccc(F)c1. The maximum Gasteiger partial charge on any atom is 0.270 e. The number of imidazole rings is 1. The maximum absolute atomic E-state index is 13.9. The smallest absolute Gasteiger partial charge is 0.270 e. The monoisotopic (exact) mass is 455 g/mol. The third-order valence-corrected chi connectivity index (χ3v) is 5.18. The molecular formula is C24H20F3N3O3. The molecule has 0 aliphatic carbocycles. The Morgan fingerprint density at radius 2 is 1.85 bits per heavy atom. The number of aliphatic hydroxyl groups excluding tert-OH is 1. The van der Waals surface area contributed by atoms with Gasteiger partial charge in [-0.3, -0.25) is 9.20 Å². The molecule has 1 atom stereocenters. The first kappa shape index (κ1) is 22.3. The largest absolute Gasteiger partial charge is 0.485 e. The number of aryl methyl sites for hydroxylation is 1. The molecule has 33 heavy (non-hydrogen) atoms. The van der Waals surface area contributed by atoms with E-state index in [1.165, 1.54) is 28.7 Å². The van der Waals surface area contributed by atoms with Crippen LogP contribution in [0.25, 0.3) is 5.65 Å². The van der Waals surface area contributed by atoms with Crippen LogP contribution in [0.2, 0.25) is 0 Å². The maximum atomic E-state index is 13.9. The fourth-order valence-corrected chi connectivity index (χ4v) is 3.55. The van der Waals surface area contributed by atoms with Gasteiger partial charge in [0.2, 0.25) is 0 Å². The van der Waals surface area contributed by atoms with Crippen molar-refractivity contribution in [3.8, 4) is 5.75 Å². The third-order valence-electron chi connectivity index (χ3n) is 5.18. The number of amides is 1. The zero-order valence-electron chi connectivity index (χ0n) is 17.6. The molecule has 2 N–H and O–H groups in total. The second kappa shape index (κ2) is 9.33. The Morgan fingerprint density at radius 3 is 2.55 bits per heavy atom. The molecule has 2 aromatic carbocycles. The minimum Gasteiger partial charge on any atom is -0.485 e. The van der Waals surface area contributed by atoms with Gasteiger partial charge in [0.05, 0.1) is 23.9 Å². The zero-order valence-corrected chi connectivity index (χ0v) is 17.6. The van der Waals surface area contributed by atoms with E-state index >= 15 is 0 Å². The molecular weight excluding hydrogens is 435 g/mol. The van der Waals surface area contributed by atoms with Crippen molar-refractivity contribution in [2.24, 2.45) is 0 Å². The standard InChI is InChI=1S/C24H20F3N3O3/c1-14-22(24(32)29-20(12-31)15-5-2-6-16(25)11-15)30-10-4-9-21(23(30)28-14)33-13-17-18(26)7-3-8-19(17)27/h2-11,20,31H,12-13H2,1H3,(H,29,32)/t20-/m0/s1. The van der Waals surface area contributed by atoms with Crippen molar-refractivity contribution in [3.05, 3.63) is 101 Å². The summed E-state index contributed by atoms with van der Waals surface area (Å²) >= 11 is 0. The highest BCUT2D eigenvalue weighted by Gasteiger charge is 2.22. The van der Waals surface area contributed by atoms with Crippen LogP contribution in [0.15, 0.2) is 60.8 Å². The molecule has 0 spiro atoms. The van der Waals surface area contributed by atoms with Crippen LogP contribution in [0.4, 0.5) is 13.2 Å². The Kier molecular flexibility index (Phi) is 6.32. The van der Waals surface area contributed by atoms with E-state index in [0.717, 1.165) is 12.1 Å². The number of fused-ring (bicyclic) bond motifs is 1. The number of carbonyl (C=O) groups excluding carboxylic acids is 1. The Bertz CT molecular complexity index is 1300. The van der Waals surface area contributed by atoms with E-state index in [4.69, 9.17) is 4.74 Å². The van der Waals surface area contributed by atoms with Crippen molar-refractivity contribution < 1.29 is 27.8 Å². The highest BCUT2D eigenvalue weighted by Crippen LogP contribution is 2.25. The predicted molar refractivity (Wildman–Crippen MR) is 114 cm³/mol. The zero-order chi connectivity index (χ0) is 23.5. The number of hydrogen-bond acceptors (Lipinski definition) is 4. The van der Waals surface area contributed by atoms with Crippen molar-refractivity contribution >= 4 is 11.6 Å². The fraction of sp³-hybridized carbons (Fsp3) is 0.167. The molecule has 0 unspecified atom stereocenters. The van der Waals surface area contributed by atoms with E-state index in [1.807, 2.05) is 0 Å². The summed E-state index contributed by atoms with van der Waals surface area (Å²) in [7, 11) is 0. The fourth-order valence-electron chi connectivity index (χ4n) is 3.55. The summed E-state index contributed by atoms with van der Waals surface area (Å²) in [5.41, 5.74) is 1.03. The summed E-state index contributed by atoms with van der Waals surface area (Å²) in [6.07, 6.45) is 1.59. The normalized spacial score (nSPS) is 12.0. The first-order valence-electron chi connectivity index (χ1n) is 10.1. The topological polar surface area (TPSA) is 75.9 Å².